The first-order chi connectivity index (χ1) is 7.41. The van der Waals surface area contributed by atoms with Crippen LogP contribution in [0.15, 0.2) is 18.2 Å². The molecule has 1 atom stereocenters. The minimum absolute atomic E-state index is 0.246. The number of carbonyl (C=O) groups excluding carboxylic acids is 1. The van der Waals surface area contributed by atoms with Crippen molar-refractivity contribution in [1.29, 1.82) is 0 Å². The summed E-state index contributed by atoms with van der Waals surface area (Å²) in [5.41, 5.74) is 0.372. The Labute approximate surface area is 102 Å². The zero-order chi connectivity index (χ0) is 12.3. The number of carboxylic acid groups (broad SMARTS) is 1. The molecule has 0 aromatic heterocycles. The van der Waals surface area contributed by atoms with Gasteiger partial charge in [0.05, 0.1) is 10.0 Å². The fourth-order valence-corrected chi connectivity index (χ4v) is 1.49. The normalized spacial score (nSPS) is 11.9. The third-order valence-electron chi connectivity index (χ3n) is 1.87. The molecule has 0 bridgehead atoms. The Bertz CT molecular complexity index is 434. The average Bonchev–Trinajstić information content (AvgIpc) is 2.18. The molecular formula is C10H9Cl2NO3. The number of benzene rings is 1. The van der Waals surface area contributed by atoms with Crippen LogP contribution in [0.2, 0.25) is 10.0 Å². The van der Waals surface area contributed by atoms with Crippen LogP contribution in [0, 0.1) is 0 Å². The first-order valence-electron chi connectivity index (χ1n) is 4.36. The molecule has 0 aliphatic heterocycles. The Morgan fingerprint density at radius 1 is 1.31 bits per heavy atom. The first kappa shape index (κ1) is 12.8. The van der Waals surface area contributed by atoms with E-state index in [1.54, 1.807) is 0 Å². The van der Waals surface area contributed by atoms with E-state index in [0.29, 0.717) is 10.6 Å². The van der Waals surface area contributed by atoms with Gasteiger partial charge in [0.1, 0.15) is 0 Å². The number of hydrogen-bond donors (Lipinski definition) is 2. The number of aliphatic carboxylic acids is 1. The molecule has 6 heteroatoms. The number of carbonyl (C=O) groups is 2. The summed E-state index contributed by atoms with van der Waals surface area (Å²) >= 11 is 11.5. The lowest BCUT2D eigenvalue weighted by Crippen LogP contribution is -2.31. The van der Waals surface area contributed by atoms with Crippen molar-refractivity contribution in [2.75, 3.05) is 0 Å². The van der Waals surface area contributed by atoms with Crippen LogP contribution >= 0.6 is 23.2 Å². The van der Waals surface area contributed by atoms with Gasteiger partial charge in [0, 0.05) is 6.92 Å². The molecule has 0 saturated carbocycles. The molecule has 1 aromatic carbocycles. The number of carboxylic acids is 1. The van der Waals surface area contributed by atoms with Crippen molar-refractivity contribution in [1.82, 2.24) is 5.32 Å². The molecule has 1 amide bonds. The summed E-state index contributed by atoms with van der Waals surface area (Å²) in [6, 6.07) is 3.28. The van der Waals surface area contributed by atoms with Gasteiger partial charge in [-0.05, 0) is 17.7 Å². The van der Waals surface area contributed by atoms with Crippen LogP contribution in [0.4, 0.5) is 0 Å². The molecule has 0 radical (unpaired) electrons. The molecule has 1 rings (SSSR count). The largest absolute Gasteiger partial charge is 0.479 e. The third kappa shape index (κ3) is 3.12. The standard InChI is InChI=1S/C10H9Cl2NO3/c1-5(14)13-9(10(15)16)6-2-3-7(11)8(12)4-6/h2-4,9H,1H3,(H,13,14)(H,15,16). The first-order valence-corrected chi connectivity index (χ1v) is 5.12. The molecule has 16 heavy (non-hydrogen) atoms. The maximum atomic E-state index is 10.9. The quantitative estimate of drug-likeness (QED) is 0.877. The Hall–Kier alpha value is -1.26. The number of amides is 1. The van der Waals surface area contributed by atoms with Crippen LogP contribution in [0.25, 0.3) is 0 Å². The second-order valence-electron chi connectivity index (χ2n) is 3.15. The predicted molar refractivity (Wildman–Crippen MR) is 60.7 cm³/mol. The molecule has 1 aromatic rings. The highest BCUT2D eigenvalue weighted by molar-refractivity contribution is 6.42. The SMILES string of the molecule is CC(=O)NC(C(=O)O)c1ccc(Cl)c(Cl)c1. The zero-order valence-corrected chi connectivity index (χ0v) is 9.84. The van der Waals surface area contributed by atoms with Crippen LogP contribution in [-0.4, -0.2) is 17.0 Å². The Kier molecular flexibility index (Phi) is 4.15. The van der Waals surface area contributed by atoms with E-state index in [0.717, 1.165) is 0 Å². The third-order valence-corrected chi connectivity index (χ3v) is 2.61. The molecule has 0 fully saturated rings. The smallest absolute Gasteiger partial charge is 0.330 e. The molecule has 0 spiro atoms. The van der Waals surface area contributed by atoms with Crippen molar-refractivity contribution < 1.29 is 14.7 Å². The highest BCUT2D eigenvalue weighted by Crippen LogP contribution is 2.25. The van der Waals surface area contributed by atoms with Crippen molar-refractivity contribution in [2.45, 2.75) is 13.0 Å². The second-order valence-corrected chi connectivity index (χ2v) is 3.96. The molecular weight excluding hydrogens is 253 g/mol. The Morgan fingerprint density at radius 2 is 1.94 bits per heavy atom. The molecule has 0 aliphatic carbocycles. The van der Waals surface area contributed by atoms with Gasteiger partial charge in [-0.2, -0.15) is 0 Å². The summed E-state index contributed by atoms with van der Waals surface area (Å²) in [7, 11) is 0. The minimum atomic E-state index is -1.16. The predicted octanol–water partition coefficient (Wildman–Crippen LogP) is 2.26. The lowest BCUT2D eigenvalue weighted by Gasteiger charge is -2.14. The summed E-state index contributed by atoms with van der Waals surface area (Å²) < 4.78 is 0. The van der Waals surface area contributed by atoms with E-state index in [2.05, 4.69) is 5.32 Å². The highest BCUT2D eigenvalue weighted by Gasteiger charge is 2.21. The summed E-state index contributed by atoms with van der Waals surface area (Å²) in [4.78, 5) is 21.8. The van der Waals surface area contributed by atoms with Gasteiger partial charge >= 0.3 is 5.97 Å². The molecule has 0 heterocycles. The van der Waals surface area contributed by atoms with Gasteiger partial charge in [0.25, 0.3) is 0 Å². The number of hydrogen-bond acceptors (Lipinski definition) is 2. The summed E-state index contributed by atoms with van der Waals surface area (Å²) in [6.45, 7) is 1.24. The van der Waals surface area contributed by atoms with Crippen molar-refractivity contribution in [2.24, 2.45) is 0 Å². The summed E-state index contributed by atoms with van der Waals surface area (Å²) in [5, 5.41) is 11.8. The van der Waals surface area contributed by atoms with Crippen molar-refractivity contribution >= 4 is 35.1 Å². The van der Waals surface area contributed by atoms with Crippen LogP contribution in [0.5, 0.6) is 0 Å². The lowest BCUT2D eigenvalue weighted by molar-refractivity contribution is -0.141. The van der Waals surface area contributed by atoms with Crippen molar-refractivity contribution in [3.63, 3.8) is 0 Å². The topological polar surface area (TPSA) is 66.4 Å². The lowest BCUT2D eigenvalue weighted by atomic mass is 10.1. The number of halogens is 2. The number of nitrogens with one attached hydrogen (secondary N) is 1. The molecule has 4 nitrogen and oxygen atoms in total. The molecule has 2 N–H and O–H groups in total. The van der Waals surface area contributed by atoms with Gasteiger partial charge in [-0.3, -0.25) is 4.79 Å². The van der Waals surface area contributed by atoms with E-state index in [9.17, 15) is 9.59 Å². The van der Waals surface area contributed by atoms with Crippen LogP contribution < -0.4 is 5.32 Å². The van der Waals surface area contributed by atoms with Crippen LogP contribution in [0.1, 0.15) is 18.5 Å². The molecule has 1 unspecified atom stereocenters. The van der Waals surface area contributed by atoms with Gasteiger partial charge in [-0.25, -0.2) is 4.79 Å². The highest BCUT2D eigenvalue weighted by atomic mass is 35.5. The monoisotopic (exact) mass is 261 g/mol. The molecule has 0 aliphatic rings. The zero-order valence-electron chi connectivity index (χ0n) is 8.33. The van der Waals surface area contributed by atoms with Crippen molar-refractivity contribution in [3.05, 3.63) is 33.8 Å². The number of rotatable bonds is 3. The van der Waals surface area contributed by atoms with E-state index in [1.807, 2.05) is 0 Å². The van der Waals surface area contributed by atoms with E-state index < -0.39 is 17.9 Å². The van der Waals surface area contributed by atoms with E-state index in [4.69, 9.17) is 28.3 Å². The van der Waals surface area contributed by atoms with E-state index in [1.165, 1.54) is 25.1 Å². The molecule has 86 valence electrons. The molecule has 0 saturated heterocycles. The van der Waals surface area contributed by atoms with Gasteiger partial charge in [0.2, 0.25) is 5.91 Å². The van der Waals surface area contributed by atoms with Crippen molar-refractivity contribution in [3.8, 4) is 0 Å². The van der Waals surface area contributed by atoms with Gasteiger partial charge in [0.15, 0.2) is 6.04 Å². The fourth-order valence-electron chi connectivity index (χ4n) is 1.18. The fraction of sp³-hybridized carbons (Fsp3) is 0.200. The Balaban J connectivity index is 3.06. The van der Waals surface area contributed by atoms with Crippen LogP contribution in [-0.2, 0) is 9.59 Å². The second kappa shape index (κ2) is 5.18. The van der Waals surface area contributed by atoms with Crippen LogP contribution in [0.3, 0.4) is 0 Å². The minimum Gasteiger partial charge on any atom is -0.479 e. The maximum absolute atomic E-state index is 10.9. The van der Waals surface area contributed by atoms with Gasteiger partial charge in [-0.15, -0.1) is 0 Å². The average molecular weight is 262 g/mol. The van der Waals surface area contributed by atoms with Gasteiger partial charge < -0.3 is 10.4 Å². The van der Waals surface area contributed by atoms with E-state index >= 15 is 0 Å². The van der Waals surface area contributed by atoms with Gasteiger partial charge in [-0.1, -0.05) is 29.3 Å². The van der Waals surface area contributed by atoms with E-state index in [-0.39, 0.29) is 5.02 Å². The maximum Gasteiger partial charge on any atom is 0.330 e. The summed E-state index contributed by atoms with van der Waals surface area (Å²) in [5.74, 6) is -1.59. The summed E-state index contributed by atoms with van der Waals surface area (Å²) in [6.07, 6.45) is 0. The Morgan fingerprint density at radius 3 is 2.38 bits per heavy atom.